The molecule has 0 saturated heterocycles. The van der Waals surface area contributed by atoms with Gasteiger partial charge in [-0.2, -0.15) is 0 Å². The van der Waals surface area contributed by atoms with Gasteiger partial charge >= 0.3 is 6.03 Å². The average Bonchev–Trinajstić information content (AvgIpc) is 3.33. The molecule has 3 rings (SSSR count). The van der Waals surface area contributed by atoms with E-state index >= 15 is 0 Å². The summed E-state index contributed by atoms with van der Waals surface area (Å²) >= 11 is 0. The summed E-state index contributed by atoms with van der Waals surface area (Å²) in [5.74, 6) is 0.786. The number of amides is 3. The topological polar surface area (TPSA) is 92.2 Å². The number of rotatable bonds is 8. The molecule has 0 spiro atoms. The Hall–Kier alpha value is -3.68. The van der Waals surface area contributed by atoms with Crippen molar-refractivity contribution in [2.75, 3.05) is 13.1 Å². The molecule has 0 unspecified atom stereocenters. The maximum atomic E-state index is 12.3. The molecule has 0 fully saturated rings. The maximum Gasteiger partial charge on any atom is 0.315 e. The number of hydrogen-bond donors (Lipinski definition) is 2. The third kappa shape index (κ3) is 5.44. The Labute approximate surface area is 176 Å². The summed E-state index contributed by atoms with van der Waals surface area (Å²) < 4.78 is 1.81. The molecule has 8 heteroatoms. The number of carbonyl (C=O) groups is 2. The summed E-state index contributed by atoms with van der Waals surface area (Å²) in [7, 11) is 0. The number of benzene rings is 1. The normalized spacial score (nSPS) is 10.5. The molecule has 2 heterocycles. The van der Waals surface area contributed by atoms with E-state index in [-0.39, 0.29) is 11.9 Å². The van der Waals surface area contributed by atoms with Crippen LogP contribution in [0.1, 0.15) is 35.3 Å². The smallest absolute Gasteiger partial charge is 0.315 e. The van der Waals surface area contributed by atoms with E-state index in [9.17, 15) is 9.59 Å². The first kappa shape index (κ1) is 21.0. The highest BCUT2D eigenvalue weighted by Gasteiger charge is 2.12. The maximum absolute atomic E-state index is 12.3. The van der Waals surface area contributed by atoms with Crippen LogP contribution in [0.4, 0.5) is 4.79 Å². The summed E-state index contributed by atoms with van der Waals surface area (Å²) in [4.78, 5) is 34.5. The van der Waals surface area contributed by atoms with Crippen molar-refractivity contribution < 1.29 is 9.59 Å². The van der Waals surface area contributed by atoms with Gasteiger partial charge in [0, 0.05) is 50.3 Å². The van der Waals surface area contributed by atoms with E-state index < -0.39 is 0 Å². The Kier molecular flexibility index (Phi) is 7.15. The van der Waals surface area contributed by atoms with E-state index in [0.717, 1.165) is 16.9 Å². The summed E-state index contributed by atoms with van der Waals surface area (Å²) in [5, 5.41) is 5.63. The third-order valence-corrected chi connectivity index (χ3v) is 4.74. The quantitative estimate of drug-likeness (QED) is 0.602. The molecular formula is C22H26N6O2. The second-order valence-electron chi connectivity index (χ2n) is 6.71. The average molecular weight is 406 g/mol. The molecule has 0 saturated carbocycles. The van der Waals surface area contributed by atoms with Gasteiger partial charge < -0.3 is 15.5 Å². The fourth-order valence-electron chi connectivity index (χ4n) is 2.95. The highest BCUT2D eigenvalue weighted by Crippen LogP contribution is 2.08. The van der Waals surface area contributed by atoms with Gasteiger partial charge in [0.1, 0.15) is 12.1 Å². The number of urea groups is 1. The van der Waals surface area contributed by atoms with Gasteiger partial charge in [-0.05, 0) is 43.2 Å². The van der Waals surface area contributed by atoms with Crippen LogP contribution >= 0.6 is 0 Å². The van der Waals surface area contributed by atoms with Crippen LogP contribution in [-0.4, -0.2) is 44.5 Å². The lowest BCUT2D eigenvalue weighted by molar-refractivity contribution is 0.0773. The standard InChI is InChI=1S/C22H26N6O2/c1-3-27(4-2)21(29)19-8-5-17(6-9-19)13-25-22(30)26-15-18-7-10-20(24-14-18)28-12-11-23-16-28/h5-12,14,16H,3-4,13,15H2,1-2H3,(H2,25,26,30). The molecule has 0 aliphatic carbocycles. The van der Waals surface area contributed by atoms with Gasteiger partial charge in [0.2, 0.25) is 0 Å². The first-order valence-electron chi connectivity index (χ1n) is 9.94. The largest absolute Gasteiger partial charge is 0.339 e. The second kappa shape index (κ2) is 10.2. The van der Waals surface area contributed by atoms with E-state index in [4.69, 9.17) is 0 Å². The van der Waals surface area contributed by atoms with Crippen molar-refractivity contribution in [1.29, 1.82) is 0 Å². The van der Waals surface area contributed by atoms with Crippen LogP contribution in [0, 0.1) is 0 Å². The number of nitrogens with one attached hydrogen (secondary N) is 2. The van der Waals surface area contributed by atoms with Crippen LogP contribution in [0.2, 0.25) is 0 Å². The van der Waals surface area contributed by atoms with E-state index in [1.54, 1.807) is 35.8 Å². The highest BCUT2D eigenvalue weighted by molar-refractivity contribution is 5.94. The molecule has 0 radical (unpaired) electrons. The first-order valence-corrected chi connectivity index (χ1v) is 9.94. The van der Waals surface area contributed by atoms with Crippen LogP contribution in [0.25, 0.3) is 5.82 Å². The van der Waals surface area contributed by atoms with Crippen molar-refractivity contribution in [2.45, 2.75) is 26.9 Å². The van der Waals surface area contributed by atoms with Crippen molar-refractivity contribution in [2.24, 2.45) is 0 Å². The zero-order valence-corrected chi connectivity index (χ0v) is 17.2. The summed E-state index contributed by atoms with van der Waals surface area (Å²) in [5.41, 5.74) is 2.47. The van der Waals surface area contributed by atoms with Crippen LogP contribution in [0.3, 0.4) is 0 Å². The van der Waals surface area contributed by atoms with E-state index in [2.05, 4.69) is 20.6 Å². The lowest BCUT2D eigenvalue weighted by atomic mass is 10.1. The number of nitrogens with zero attached hydrogens (tertiary/aromatic N) is 4. The monoisotopic (exact) mass is 406 g/mol. The van der Waals surface area contributed by atoms with Crippen LogP contribution in [0.15, 0.2) is 61.3 Å². The second-order valence-corrected chi connectivity index (χ2v) is 6.71. The molecular weight excluding hydrogens is 380 g/mol. The van der Waals surface area contributed by atoms with E-state index in [0.29, 0.717) is 31.7 Å². The highest BCUT2D eigenvalue weighted by atomic mass is 16.2. The Morgan fingerprint density at radius 3 is 2.20 bits per heavy atom. The lowest BCUT2D eigenvalue weighted by Crippen LogP contribution is -2.34. The zero-order chi connectivity index (χ0) is 21.3. The molecule has 0 aliphatic rings. The Morgan fingerprint density at radius 2 is 1.63 bits per heavy atom. The molecule has 3 amide bonds. The molecule has 8 nitrogen and oxygen atoms in total. The summed E-state index contributed by atoms with van der Waals surface area (Å²) in [6, 6.07) is 10.8. The van der Waals surface area contributed by atoms with Crippen molar-refractivity contribution in [3.8, 4) is 5.82 Å². The fourth-order valence-corrected chi connectivity index (χ4v) is 2.95. The molecule has 1 aromatic carbocycles. The number of pyridine rings is 1. The predicted molar refractivity (Wildman–Crippen MR) is 114 cm³/mol. The van der Waals surface area contributed by atoms with E-state index in [1.165, 1.54) is 0 Å². The van der Waals surface area contributed by atoms with Crippen molar-refractivity contribution in [3.05, 3.63) is 78.0 Å². The molecule has 3 aromatic rings. The lowest BCUT2D eigenvalue weighted by Gasteiger charge is -2.18. The Morgan fingerprint density at radius 1 is 0.967 bits per heavy atom. The van der Waals surface area contributed by atoms with Gasteiger partial charge in [-0.25, -0.2) is 14.8 Å². The number of aromatic nitrogens is 3. The van der Waals surface area contributed by atoms with Gasteiger partial charge in [-0.3, -0.25) is 9.36 Å². The zero-order valence-electron chi connectivity index (χ0n) is 17.2. The predicted octanol–water partition coefficient (Wildman–Crippen LogP) is 2.75. The number of carbonyl (C=O) groups excluding carboxylic acids is 2. The Balaban J connectivity index is 1.45. The molecule has 2 aromatic heterocycles. The third-order valence-electron chi connectivity index (χ3n) is 4.74. The van der Waals surface area contributed by atoms with Crippen LogP contribution in [0.5, 0.6) is 0 Å². The molecule has 156 valence electrons. The minimum atomic E-state index is -0.267. The minimum Gasteiger partial charge on any atom is -0.339 e. The summed E-state index contributed by atoms with van der Waals surface area (Å²) in [6.45, 7) is 6.04. The summed E-state index contributed by atoms with van der Waals surface area (Å²) in [6.07, 6.45) is 6.92. The first-order chi connectivity index (χ1) is 14.6. The van der Waals surface area contributed by atoms with Crippen LogP contribution in [-0.2, 0) is 13.1 Å². The van der Waals surface area contributed by atoms with Gasteiger partial charge in [0.05, 0.1) is 0 Å². The molecule has 0 bridgehead atoms. The van der Waals surface area contributed by atoms with Crippen molar-refractivity contribution in [1.82, 2.24) is 30.1 Å². The number of imidazole rings is 1. The minimum absolute atomic E-state index is 0.0184. The van der Waals surface area contributed by atoms with Gasteiger partial charge in [-0.1, -0.05) is 18.2 Å². The number of hydrogen-bond acceptors (Lipinski definition) is 4. The molecule has 0 aliphatic heterocycles. The molecule has 0 atom stereocenters. The van der Waals surface area contributed by atoms with Gasteiger partial charge in [-0.15, -0.1) is 0 Å². The fraction of sp³-hybridized carbons (Fsp3) is 0.273. The molecule has 30 heavy (non-hydrogen) atoms. The van der Waals surface area contributed by atoms with E-state index in [1.807, 2.05) is 48.9 Å². The Bertz CT molecular complexity index is 948. The molecule has 2 N–H and O–H groups in total. The van der Waals surface area contributed by atoms with Crippen molar-refractivity contribution >= 4 is 11.9 Å². The van der Waals surface area contributed by atoms with Crippen LogP contribution < -0.4 is 10.6 Å². The van der Waals surface area contributed by atoms with Crippen molar-refractivity contribution in [3.63, 3.8) is 0 Å². The van der Waals surface area contributed by atoms with Gasteiger partial charge in [0.15, 0.2) is 0 Å². The van der Waals surface area contributed by atoms with Gasteiger partial charge in [0.25, 0.3) is 5.91 Å². The SMILES string of the molecule is CCN(CC)C(=O)c1ccc(CNC(=O)NCc2ccc(-n3ccnc3)nc2)cc1.